The van der Waals surface area contributed by atoms with Gasteiger partial charge in [-0.2, -0.15) is 0 Å². The van der Waals surface area contributed by atoms with Gasteiger partial charge in [-0.05, 0) is 50.6 Å². The van der Waals surface area contributed by atoms with Gasteiger partial charge in [0.1, 0.15) is 5.75 Å². The Kier molecular flexibility index (Phi) is 7.16. The first-order valence-electron chi connectivity index (χ1n) is 10.2. The van der Waals surface area contributed by atoms with Gasteiger partial charge in [0.05, 0.1) is 18.9 Å². The number of amides is 1. The number of aliphatic imine (C=N–C) groups is 1. The topological polar surface area (TPSA) is 70.3 Å². The van der Waals surface area contributed by atoms with Crippen molar-refractivity contribution in [2.75, 3.05) is 32.7 Å². The smallest absolute Gasteiger partial charge is 0.289 e. The fourth-order valence-corrected chi connectivity index (χ4v) is 3.26. The molecule has 1 aliphatic heterocycles. The SMILES string of the molecule is CCNC(=NCc1cccc(OC(C)C)c1)N1CCN(C(=O)c2ccco2)CC1. The number of rotatable bonds is 6. The molecule has 1 aromatic carbocycles. The third-order valence-electron chi connectivity index (χ3n) is 4.61. The number of nitrogens with zero attached hydrogens (tertiary/aromatic N) is 3. The number of carbonyl (C=O) groups is 1. The maximum Gasteiger partial charge on any atom is 0.289 e. The van der Waals surface area contributed by atoms with E-state index in [4.69, 9.17) is 14.1 Å². The molecule has 1 saturated heterocycles. The fraction of sp³-hybridized carbons (Fsp3) is 0.455. The zero-order chi connectivity index (χ0) is 20.6. The summed E-state index contributed by atoms with van der Waals surface area (Å²) >= 11 is 0. The molecule has 1 amide bonds. The highest BCUT2D eigenvalue weighted by Gasteiger charge is 2.25. The Hall–Kier alpha value is -2.96. The molecule has 29 heavy (non-hydrogen) atoms. The van der Waals surface area contributed by atoms with Crippen molar-refractivity contribution in [3.05, 3.63) is 54.0 Å². The van der Waals surface area contributed by atoms with E-state index < -0.39 is 0 Å². The molecular formula is C22H30N4O3. The van der Waals surface area contributed by atoms with Crippen LogP contribution in [0.5, 0.6) is 5.75 Å². The van der Waals surface area contributed by atoms with E-state index in [2.05, 4.69) is 23.2 Å². The van der Waals surface area contributed by atoms with Gasteiger partial charge in [-0.15, -0.1) is 0 Å². The summed E-state index contributed by atoms with van der Waals surface area (Å²) < 4.78 is 11.0. The molecule has 3 rings (SSSR count). The average Bonchev–Trinajstić information content (AvgIpc) is 3.25. The van der Waals surface area contributed by atoms with Crippen molar-refractivity contribution < 1.29 is 13.9 Å². The summed E-state index contributed by atoms with van der Waals surface area (Å²) in [7, 11) is 0. The molecule has 0 unspecified atom stereocenters. The number of benzene rings is 1. The van der Waals surface area contributed by atoms with Gasteiger partial charge >= 0.3 is 0 Å². The van der Waals surface area contributed by atoms with E-state index in [0.717, 1.165) is 36.9 Å². The van der Waals surface area contributed by atoms with E-state index in [1.165, 1.54) is 6.26 Å². The minimum atomic E-state index is -0.0569. The maximum atomic E-state index is 12.4. The molecule has 0 aliphatic carbocycles. The summed E-state index contributed by atoms with van der Waals surface area (Å²) in [5.74, 6) is 2.07. The maximum absolute atomic E-state index is 12.4. The Morgan fingerprint density at radius 2 is 1.93 bits per heavy atom. The lowest BCUT2D eigenvalue weighted by atomic mass is 10.2. The van der Waals surface area contributed by atoms with Crippen molar-refractivity contribution in [1.29, 1.82) is 0 Å². The Morgan fingerprint density at radius 1 is 1.17 bits per heavy atom. The van der Waals surface area contributed by atoms with Crippen molar-refractivity contribution in [3.8, 4) is 5.75 Å². The summed E-state index contributed by atoms with van der Waals surface area (Å²) in [4.78, 5) is 21.3. The molecule has 1 fully saturated rings. The molecule has 2 aromatic rings. The molecular weight excluding hydrogens is 368 g/mol. The van der Waals surface area contributed by atoms with E-state index in [9.17, 15) is 4.79 Å². The summed E-state index contributed by atoms with van der Waals surface area (Å²) in [6, 6.07) is 11.5. The molecule has 0 bridgehead atoms. The van der Waals surface area contributed by atoms with Crippen LogP contribution in [0.25, 0.3) is 0 Å². The van der Waals surface area contributed by atoms with Crippen LogP contribution in [0, 0.1) is 0 Å². The number of carbonyl (C=O) groups excluding carboxylic acids is 1. The largest absolute Gasteiger partial charge is 0.491 e. The molecule has 1 N–H and O–H groups in total. The number of hydrogen-bond donors (Lipinski definition) is 1. The quantitative estimate of drug-likeness (QED) is 0.598. The molecule has 0 radical (unpaired) electrons. The summed E-state index contributed by atoms with van der Waals surface area (Å²) in [5, 5.41) is 3.36. The number of hydrogen-bond acceptors (Lipinski definition) is 4. The predicted molar refractivity (Wildman–Crippen MR) is 113 cm³/mol. The van der Waals surface area contributed by atoms with Gasteiger partial charge in [0.25, 0.3) is 5.91 Å². The molecule has 7 nitrogen and oxygen atoms in total. The Balaban J connectivity index is 1.60. The molecule has 7 heteroatoms. The molecule has 0 atom stereocenters. The number of piperazine rings is 1. The second-order valence-electron chi connectivity index (χ2n) is 7.24. The van der Waals surface area contributed by atoms with Crippen LogP contribution in [0.3, 0.4) is 0 Å². The van der Waals surface area contributed by atoms with Crippen LogP contribution in [0.2, 0.25) is 0 Å². The number of ether oxygens (including phenoxy) is 1. The molecule has 1 aliphatic rings. The van der Waals surface area contributed by atoms with Gasteiger partial charge in [0, 0.05) is 32.7 Å². The van der Waals surface area contributed by atoms with E-state index >= 15 is 0 Å². The van der Waals surface area contributed by atoms with Crippen LogP contribution < -0.4 is 10.1 Å². The van der Waals surface area contributed by atoms with Gasteiger partial charge < -0.3 is 24.3 Å². The van der Waals surface area contributed by atoms with Crippen LogP contribution in [-0.4, -0.2) is 60.5 Å². The molecule has 156 valence electrons. The Labute approximate surface area is 172 Å². The highest BCUT2D eigenvalue weighted by Crippen LogP contribution is 2.16. The number of furan rings is 1. The van der Waals surface area contributed by atoms with Crippen LogP contribution in [0.4, 0.5) is 0 Å². The zero-order valence-corrected chi connectivity index (χ0v) is 17.4. The molecule has 0 spiro atoms. The number of nitrogens with one attached hydrogen (secondary N) is 1. The monoisotopic (exact) mass is 398 g/mol. The van der Waals surface area contributed by atoms with Gasteiger partial charge in [0.15, 0.2) is 11.7 Å². The van der Waals surface area contributed by atoms with Crippen molar-refractivity contribution in [2.24, 2.45) is 4.99 Å². The van der Waals surface area contributed by atoms with E-state index in [-0.39, 0.29) is 12.0 Å². The average molecular weight is 399 g/mol. The normalized spacial score (nSPS) is 15.0. The second-order valence-corrected chi connectivity index (χ2v) is 7.24. The van der Waals surface area contributed by atoms with Gasteiger partial charge in [-0.3, -0.25) is 4.79 Å². The van der Waals surface area contributed by atoms with Crippen molar-refractivity contribution in [1.82, 2.24) is 15.1 Å². The predicted octanol–water partition coefficient (Wildman–Crippen LogP) is 2.99. The van der Waals surface area contributed by atoms with Gasteiger partial charge in [0.2, 0.25) is 0 Å². The summed E-state index contributed by atoms with van der Waals surface area (Å²) in [6.45, 7) is 10.2. The Morgan fingerprint density at radius 3 is 2.59 bits per heavy atom. The Bertz CT molecular complexity index is 809. The first-order valence-corrected chi connectivity index (χ1v) is 10.2. The van der Waals surface area contributed by atoms with Gasteiger partial charge in [-0.25, -0.2) is 4.99 Å². The van der Waals surface area contributed by atoms with Crippen molar-refractivity contribution >= 4 is 11.9 Å². The lowest BCUT2D eigenvalue weighted by Gasteiger charge is -2.36. The lowest BCUT2D eigenvalue weighted by molar-refractivity contribution is 0.0657. The van der Waals surface area contributed by atoms with Crippen LogP contribution in [-0.2, 0) is 6.54 Å². The standard InChI is InChI=1S/C22H30N4O3/c1-4-23-22(24-16-18-7-5-8-19(15-18)29-17(2)3)26-12-10-25(11-13-26)21(27)20-9-6-14-28-20/h5-9,14-15,17H,4,10-13,16H2,1-3H3,(H,23,24). The first-order chi connectivity index (χ1) is 14.1. The fourth-order valence-electron chi connectivity index (χ4n) is 3.26. The highest BCUT2D eigenvalue weighted by molar-refractivity contribution is 5.91. The minimum absolute atomic E-state index is 0.0569. The molecule has 0 saturated carbocycles. The highest BCUT2D eigenvalue weighted by atomic mass is 16.5. The molecule has 2 heterocycles. The summed E-state index contributed by atoms with van der Waals surface area (Å²) in [5.41, 5.74) is 1.10. The third kappa shape index (κ3) is 5.76. The van der Waals surface area contributed by atoms with Crippen molar-refractivity contribution in [2.45, 2.75) is 33.4 Å². The first kappa shape index (κ1) is 20.8. The molecule has 1 aromatic heterocycles. The van der Waals surface area contributed by atoms with Gasteiger partial charge in [-0.1, -0.05) is 12.1 Å². The number of guanidine groups is 1. The van der Waals surface area contributed by atoms with E-state index in [1.807, 2.05) is 36.9 Å². The van der Waals surface area contributed by atoms with E-state index in [0.29, 0.717) is 25.4 Å². The van der Waals surface area contributed by atoms with Crippen LogP contribution >= 0.6 is 0 Å². The second kappa shape index (κ2) is 10.0. The summed E-state index contributed by atoms with van der Waals surface area (Å²) in [6.07, 6.45) is 1.67. The zero-order valence-electron chi connectivity index (χ0n) is 17.4. The lowest BCUT2D eigenvalue weighted by Crippen LogP contribution is -2.53. The van der Waals surface area contributed by atoms with Crippen molar-refractivity contribution in [3.63, 3.8) is 0 Å². The van der Waals surface area contributed by atoms with Crippen LogP contribution in [0.1, 0.15) is 36.9 Å². The van der Waals surface area contributed by atoms with Crippen LogP contribution in [0.15, 0.2) is 52.1 Å². The minimum Gasteiger partial charge on any atom is -0.491 e. The van der Waals surface area contributed by atoms with E-state index in [1.54, 1.807) is 12.1 Å². The third-order valence-corrected chi connectivity index (χ3v) is 4.61.